The summed E-state index contributed by atoms with van der Waals surface area (Å²) in [5.74, 6) is -3.98. The molecule has 0 aliphatic heterocycles. The van der Waals surface area contributed by atoms with Gasteiger partial charge in [-0.3, -0.25) is 14.4 Å². The fraction of sp³-hybridized carbons (Fsp3) is 0.565. The van der Waals surface area contributed by atoms with Crippen LogP contribution in [0.3, 0.4) is 0 Å². The first-order chi connectivity index (χ1) is 15.9. The summed E-state index contributed by atoms with van der Waals surface area (Å²) in [4.78, 5) is 49.9. The molecule has 1 rings (SSSR count). The van der Waals surface area contributed by atoms with E-state index in [4.69, 9.17) is 10.8 Å². The highest BCUT2D eigenvalue weighted by Gasteiger charge is 2.33. The Labute approximate surface area is 199 Å². The van der Waals surface area contributed by atoms with Gasteiger partial charge in [-0.2, -0.15) is 0 Å². The van der Waals surface area contributed by atoms with Crippen molar-refractivity contribution < 1.29 is 34.5 Å². The second-order valence-electron chi connectivity index (χ2n) is 8.66. The number of aliphatic carboxylic acids is 1. The first-order valence-electron chi connectivity index (χ1n) is 11.2. The van der Waals surface area contributed by atoms with Crippen LogP contribution in [0.2, 0.25) is 0 Å². The lowest BCUT2D eigenvalue weighted by atomic mass is 9.97. The van der Waals surface area contributed by atoms with Gasteiger partial charge in [-0.25, -0.2) is 4.79 Å². The van der Waals surface area contributed by atoms with E-state index in [-0.39, 0.29) is 24.0 Å². The van der Waals surface area contributed by atoms with E-state index in [9.17, 15) is 29.4 Å². The predicted molar refractivity (Wildman–Crippen MR) is 125 cm³/mol. The summed E-state index contributed by atoms with van der Waals surface area (Å²) in [7, 11) is 0. The maximum absolute atomic E-state index is 13.1. The quantitative estimate of drug-likeness (QED) is 0.196. The molecule has 0 saturated carbocycles. The van der Waals surface area contributed by atoms with Crippen LogP contribution in [-0.4, -0.2) is 69.8 Å². The van der Waals surface area contributed by atoms with Gasteiger partial charge < -0.3 is 37.0 Å². The molecule has 0 fully saturated rings. The molecule has 11 nitrogen and oxygen atoms in total. The second-order valence-corrected chi connectivity index (χ2v) is 8.66. The van der Waals surface area contributed by atoms with Gasteiger partial charge in [0.25, 0.3) is 0 Å². The zero-order valence-corrected chi connectivity index (χ0v) is 19.9. The lowest BCUT2D eigenvalue weighted by Gasteiger charge is -2.28. The third-order valence-corrected chi connectivity index (χ3v) is 5.57. The van der Waals surface area contributed by atoms with Gasteiger partial charge in [0, 0.05) is 6.42 Å². The van der Waals surface area contributed by atoms with E-state index in [2.05, 4.69) is 16.0 Å². The Morgan fingerprint density at radius 3 is 1.94 bits per heavy atom. The van der Waals surface area contributed by atoms with E-state index < -0.39 is 54.5 Å². The molecule has 3 amide bonds. The topological polar surface area (TPSA) is 191 Å². The largest absolute Gasteiger partial charge is 0.508 e. The van der Waals surface area contributed by atoms with Crippen LogP contribution < -0.4 is 21.7 Å². The Hall–Kier alpha value is -3.18. The Kier molecular flexibility index (Phi) is 11.5. The van der Waals surface area contributed by atoms with E-state index in [1.807, 2.05) is 0 Å². The third-order valence-electron chi connectivity index (χ3n) is 5.57. The molecule has 5 unspecified atom stereocenters. The van der Waals surface area contributed by atoms with Gasteiger partial charge in [0.05, 0.1) is 6.61 Å². The first kappa shape index (κ1) is 28.9. The number of hydrogen-bond acceptors (Lipinski definition) is 7. The molecule has 0 saturated heterocycles. The number of benzene rings is 1. The Bertz CT molecular complexity index is 844. The summed E-state index contributed by atoms with van der Waals surface area (Å²) in [6, 6.07) is 1.44. The van der Waals surface area contributed by atoms with Gasteiger partial charge in [0.2, 0.25) is 17.7 Å². The van der Waals surface area contributed by atoms with Crippen molar-refractivity contribution >= 4 is 23.7 Å². The number of phenols is 1. The number of carbonyl (C=O) groups excluding carboxylic acids is 3. The lowest BCUT2D eigenvalue weighted by molar-refractivity contribution is -0.143. The minimum Gasteiger partial charge on any atom is -0.508 e. The highest BCUT2D eigenvalue weighted by molar-refractivity contribution is 5.94. The zero-order valence-electron chi connectivity index (χ0n) is 19.9. The van der Waals surface area contributed by atoms with Crippen molar-refractivity contribution in [3.63, 3.8) is 0 Å². The van der Waals surface area contributed by atoms with E-state index in [0.717, 1.165) is 0 Å². The fourth-order valence-electron chi connectivity index (χ4n) is 3.15. The summed E-state index contributed by atoms with van der Waals surface area (Å²) >= 11 is 0. The van der Waals surface area contributed by atoms with Gasteiger partial charge in [0.1, 0.15) is 29.9 Å². The second kappa shape index (κ2) is 13.5. The lowest BCUT2D eigenvalue weighted by Crippen LogP contribution is -2.59. The summed E-state index contributed by atoms with van der Waals surface area (Å²) < 4.78 is 0. The van der Waals surface area contributed by atoms with Gasteiger partial charge in [-0.05, 0) is 29.5 Å². The van der Waals surface area contributed by atoms with Crippen molar-refractivity contribution in [3.8, 4) is 5.75 Å². The number of aromatic hydroxyl groups is 1. The number of amides is 3. The SMILES string of the molecule is CCC(C)C(NC(=O)C(Cc1ccc(O)cc1)NC(=O)C(NC(=O)C(N)CO)C(C)C)C(=O)O. The Morgan fingerprint density at radius 2 is 1.47 bits per heavy atom. The fourth-order valence-corrected chi connectivity index (χ4v) is 3.15. The average molecular weight is 481 g/mol. The van der Waals surface area contributed by atoms with E-state index in [0.29, 0.717) is 12.0 Å². The minimum atomic E-state index is -1.21. The molecule has 0 heterocycles. The van der Waals surface area contributed by atoms with Crippen LogP contribution >= 0.6 is 0 Å². The molecule has 5 atom stereocenters. The van der Waals surface area contributed by atoms with Crippen LogP contribution in [0.25, 0.3) is 0 Å². The molecule has 11 heteroatoms. The van der Waals surface area contributed by atoms with Gasteiger partial charge >= 0.3 is 5.97 Å². The summed E-state index contributed by atoms with van der Waals surface area (Å²) in [5.41, 5.74) is 6.13. The number of carboxylic acid groups (broad SMARTS) is 1. The molecule has 0 aromatic heterocycles. The van der Waals surface area contributed by atoms with Crippen LogP contribution in [0, 0.1) is 11.8 Å². The molecule has 1 aromatic carbocycles. The number of rotatable bonds is 13. The maximum Gasteiger partial charge on any atom is 0.326 e. The molecule has 0 bridgehead atoms. The number of nitrogens with one attached hydrogen (secondary N) is 3. The number of hydrogen-bond donors (Lipinski definition) is 7. The van der Waals surface area contributed by atoms with Gasteiger partial charge in [0.15, 0.2) is 0 Å². The highest BCUT2D eigenvalue weighted by atomic mass is 16.4. The molecule has 8 N–H and O–H groups in total. The molecule has 1 aromatic rings. The number of phenolic OH excluding ortho intramolecular Hbond substituents is 1. The van der Waals surface area contributed by atoms with Crippen LogP contribution in [0.15, 0.2) is 24.3 Å². The van der Waals surface area contributed by atoms with E-state index >= 15 is 0 Å². The molecular weight excluding hydrogens is 444 g/mol. The van der Waals surface area contributed by atoms with Crippen LogP contribution in [-0.2, 0) is 25.6 Å². The highest BCUT2D eigenvalue weighted by Crippen LogP contribution is 2.13. The monoisotopic (exact) mass is 480 g/mol. The van der Waals surface area contributed by atoms with Crippen molar-refractivity contribution in [2.24, 2.45) is 17.6 Å². The summed E-state index contributed by atoms with van der Waals surface area (Å²) in [6.07, 6.45) is 0.526. The van der Waals surface area contributed by atoms with E-state index in [1.165, 1.54) is 12.1 Å². The smallest absolute Gasteiger partial charge is 0.326 e. The van der Waals surface area contributed by atoms with Crippen molar-refractivity contribution in [1.29, 1.82) is 0 Å². The number of aliphatic hydroxyl groups is 1. The molecule has 0 aliphatic carbocycles. The standard InChI is InChI=1S/C23H36N4O7/c1-5-13(4)19(23(33)34)27-21(31)17(10-14-6-8-15(29)9-7-14)25-22(32)18(12(2)3)26-20(30)16(24)11-28/h6-9,12-13,16-19,28-29H,5,10-11,24H2,1-4H3,(H,25,32)(H,26,30)(H,27,31)(H,33,34). The van der Waals surface area contributed by atoms with Crippen molar-refractivity contribution in [1.82, 2.24) is 16.0 Å². The molecular formula is C23H36N4O7. The van der Waals surface area contributed by atoms with Crippen molar-refractivity contribution in [2.75, 3.05) is 6.61 Å². The molecule has 0 aliphatic rings. The molecule has 190 valence electrons. The molecule has 0 radical (unpaired) electrons. The zero-order chi connectivity index (χ0) is 26.0. The Balaban J connectivity index is 3.16. The number of nitrogens with two attached hydrogens (primary N) is 1. The van der Waals surface area contributed by atoms with Crippen molar-refractivity contribution in [3.05, 3.63) is 29.8 Å². The first-order valence-corrected chi connectivity index (χ1v) is 11.2. The van der Waals surface area contributed by atoms with Gasteiger partial charge in [-0.1, -0.05) is 46.2 Å². The number of carbonyl (C=O) groups is 4. The number of aliphatic hydroxyl groups excluding tert-OH is 1. The molecule has 34 heavy (non-hydrogen) atoms. The third kappa shape index (κ3) is 8.64. The van der Waals surface area contributed by atoms with Crippen LogP contribution in [0.1, 0.15) is 39.7 Å². The van der Waals surface area contributed by atoms with Gasteiger partial charge in [-0.15, -0.1) is 0 Å². The minimum absolute atomic E-state index is 0.0135. The summed E-state index contributed by atoms with van der Waals surface area (Å²) in [6.45, 7) is 6.27. The molecule has 0 spiro atoms. The number of carboxylic acids is 1. The Morgan fingerprint density at radius 1 is 0.912 bits per heavy atom. The average Bonchev–Trinajstić information content (AvgIpc) is 2.79. The van der Waals surface area contributed by atoms with Crippen LogP contribution in [0.5, 0.6) is 5.75 Å². The predicted octanol–water partition coefficient (Wildman–Crippen LogP) is -0.505. The van der Waals surface area contributed by atoms with Crippen molar-refractivity contribution in [2.45, 2.75) is 64.7 Å². The maximum atomic E-state index is 13.1. The van der Waals surface area contributed by atoms with Crippen LogP contribution in [0.4, 0.5) is 0 Å². The summed E-state index contributed by atoms with van der Waals surface area (Å²) in [5, 5.41) is 35.7. The van der Waals surface area contributed by atoms with E-state index in [1.54, 1.807) is 39.8 Å². The normalized spacial score (nSPS) is 15.5.